The maximum absolute atomic E-state index is 14.9. The summed E-state index contributed by atoms with van der Waals surface area (Å²) in [7, 11) is 0. The first kappa shape index (κ1) is 20.3. The van der Waals surface area contributed by atoms with Crippen molar-refractivity contribution in [3.8, 4) is 16.9 Å². The second-order valence-electron chi connectivity index (χ2n) is 6.88. The van der Waals surface area contributed by atoms with Gasteiger partial charge in [0, 0.05) is 5.39 Å². The van der Waals surface area contributed by atoms with Crippen molar-refractivity contribution in [3.05, 3.63) is 83.3 Å². The molecule has 0 aliphatic rings. The van der Waals surface area contributed by atoms with Gasteiger partial charge in [0.15, 0.2) is 11.6 Å². The molecule has 1 unspecified atom stereocenters. The Balaban J connectivity index is 1.70. The standard InChI is InChI=1S/C23H21FIN2OP/c1-3-17-12-23(28-14-16-7-5-4-6-8-16)21(24)13-20(17)18-9-10-19-15(2)26-27(29-25)22(19)11-18/h4-13,29H,3,14H2,1-2H3. The maximum Gasteiger partial charge on any atom is 0.165 e. The zero-order chi connectivity index (χ0) is 20.4. The van der Waals surface area contributed by atoms with Crippen LogP contribution in [-0.2, 0) is 13.0 Å². The number of halogens is 2. The van der Waals surface area contributed by atoms with Gasteiger partial charge in [-0.15, -0.1) is 0 Å². The summed E-state index contributed by atoms with van der Waals surface area (Å²) in [6.45, 7) is 4.45. The number of rotatable bonds is 6. The molecule has 0 bridgehead atoms. The summed E-state index contributed by atoms with van der Waals surface area (Å²) >= 11 is 2.33. The van der Waals surface area contributed by atoms with E-state index in [1.165, 1.54) is 0 Å². The van der Waals surface area contributed by atoms with Crippen molar-refractivity contribution in [2.45, 2.75) is 26.9 Å². The van der Waals surface area contributed by atoms with Gasteiger partial charge in [-0.2, -0.15) is 5.10 Å². The highest BCUT2D eigenvalue weighted by molar-refractivity contribution is 14.2. The van der Waals surface area contributed by atoms with Gasteiger partial charge in [-0.3, -0.25) is 0 Å². The molecule has 1 aromatic heterocycles. The molecule has 0 aliphatic heterocycles. The third kappa shape index (κ3) is 4.17. The Kier molecular flexibility index (Phi) is 6.16. The van der Waals surface area contributed by atoms with E-state index in [4.69, 9.17) is 4.74 Å². The zero-order valence-corrected chi connectivity index (χ0v) is 19.4. The molecule has 4 aromatic rings. The van der Waals surface area contributed by atoms with E-state index in [1.54, 1.807) is 6.07 Å². The summed E-state index contributed by atoms with van der Waals surface area (Å²) in [6, 6.07) is 19.5. The number of ether oxygens (including phenoxy) is 1. The van der Waals surface area contributed by atoms with Crippen molar-refractivity contribution in [3.63, 3.8) is 0 Å². The van der Waals surface area contributed by atoms with Crippen LogP contribution in [0.5, 0.6) is 5.75 Å². The first-order chi connectivity index (χ1) is 14.1. The highest BCUT2D eigenvalue weighted by atomic mass is 127. The van der Waals surface area contributed by atoms with Gasteiger partial charge in [0.25, 0.3) is 0 Å². The van der Waals surface area contributed by atoms with E-state index in [1.807, 2.05) is 47.8 Å². The smallest absolute Gasteiger partial charge is 0.165 e. The number of fused-ring (bicyclic) bond motifs is 1. The molecule has 3 aromatic carbocycles. The molecule has 3 nitrogen and oxygen atoms in total. The Morgan fingerprint density at radius 2 is 1.90 bits per heavy atom. The molecule has 1 heterocycles. The van der Waals surface area contributed by atoms with E-state index < -0.39 is 0 Å². The quantitative estimate of drug-likeness (QED) is 0.202. The zero-order valence-electron chi connectivity index (χ0n) is 16.2. The highest BCUT2D eigenvalue weighted by Gasteiger charge is 2.14. The van der Waals surface area contributed by atoms with E-state index in [0.29, 0.717) is 18.7 Å². The molecule has 29 heavy (non-hydrogen) atoms. The fourth-order valence-electron chi connectivity index (χ4n) is 3.51. The van der Waals surface area contributed by atoms with E-state index >= 15 is 0 Å². The van der Waals surface area contributed by atoms with E-state index in [0.717, 1.165) is 45.3 Å². The van der Waals surface area contributed by atoms with Crippen LogP contribution < -0.4 is 4.74 Å². The third-order valence-electron chi connectivity index (χ3n) is 5.03. The first-order valence-electron chi connectivity index (χ1n) is 9.46. The minimum absolute atomic E-state index is 0.296. The first-order valence-corrected chi connectivity index (χ1v) is 13.5. The van der Waals surface area contributed by atoms with Crippen molar-refractivity contribution in [1.82, 2.24) is 9.55 Å². The molecule has 0 saturated carbocycles. The molecular weight excluding hydrogens is 497 g/mol. The van der Waals surface area contributed by atoms with Crippen LogP contribution in [0.4, 0.5) is 4.39 Å². The summed E-state index contributed by atoms with van der Waals surface area (Å²) in [5.74, 6) is -0.0427. The van der Waals surface area contributed by atoms with Crippen LogP contribution in [0.15, 0.2) is 60.7 Å². The lowest BCUT2D eigenvalue weighted by Gasteiger charge is -2.14. The maximum atomic E-state index is 14.9. The topological polar surface area (TPSA) is 27.1 Å². The SMILES string of the molecule is CCc1cc(OCc2ccccc2)c(F)cc1-c1ccc2c(C)nn(PI)c2c1. The Labute approximate surface area is 184 Å². The Bertz CT molecular complexity index is 1160. The molecule has 4 rings (SSSR count). The summed E-state index contributed by atoms with van der Waals surface area (Å²) in [4.78, 5) is 0. The predicted molar refractivity (Wildman–Crippen MR) is 128 cm³/mol. The van der Waals surface area contributed by atoms with Crippen molar-refractivity contribution in [2.75, 3.05) is 0 Å². The van der Waals surface area contributed by atoms with Gasteiger partial charge in [-0.05, 0) is 75.8 Å². The van der Waals surface area contributed by atoms with Gasteiger partial charge in [0.1, 0.15) is 6.61 Å². The largest absolute Gasteiger partial charge is 0.486 e. The van der Waals surface area contributed by atoms with Crippen LogP contribution in [0.3, 0.4) is 0 Å². The molecule has 0 fully saturated rings. The number of hydrogen-bond donors (Lipinski definition) is 0. The van der Waals surface area contributed by atoms with Gasteiger partial charge in [-0.1, -0.05) is 49.4 Å². The molecule has 148 valence electrons. The third-order valence-corrected chi connectivity index (χ3v) is 6.90. The molecule has 0 spiro atoms. The van der Waals surface area contributed by atoms with E-state index in [2.05, 4.69) is 52.3 Å². The lowest BCUT2D eigenvalue weighted by molar-refractivity contribution is 0.290. The van der Waals surface area contributed by atoms with Crippen LogP contribution >= 0.6 is 28.4 Å². The number of hydrogen-bond acceptors (Lipinski definition) is 2. The van der Waals surface area contributed by atoms with Crippen LogP contribution in [-0.4, -0.2) is 9.55 Å². The fourth-order valence-corrected chi connectivity index (χ4v) is 5.07. The summed E-state index contributed by atoms with van der Waals surface area (Å²) in [6.07, 6.45) is 1.31. The number of nitrogens with zero attached hydrogens (tertiary/aromatic N) is 2. The Hall–Kier alpha value is -1.98. The molecule has 0 amide bonds. The van der Waals surface area contributed by atoms with E-state index in [9.17, 15) is 4.39 Å². The van der Waals surface area contributed by atoms with Crippen molar-refractivity contribution >= 4 is 39.3 Å². The van der Waals surface area contributed by atoms with Gasteiger partial charge >= 0.3 is 0 Å². The molecule has 0 aliphatic carbocycles. The second-order valence-corrected chi connectivity index (χ2v) is 8.92. The summed E-state index contributed by atoms with van der Waals surface area (Å²) in [5, 5.41) is 5.74. The van der Waals surface area contributed by atoms with Crippen molar-refractivity contribution in [1.29, 1.82) is 0 Å². The Morgan fingerprint density at radius 1 is 1.10 bits per heavy atom. The lowest BCUT2D eigenvalue weighted by atomic mass is 9.96. The van der Waals surface area contributed by atoms with Gasteiger partial charge in [0.2, 0.25) is 0 Å². The molecule has 0 N–H and O–H groups in total. The molecular formula is C23H21FIN2OP. The van der Waals surface area contributed by atoms with Crippen LogP contribution in [0.2, 0.25) is 0 Å². The lowest BCUT2D eigenvalue weighted by Crippen LogP contribution is -2.00. The average Bonchev–Trinajstić information content (AvgIpc) is 3.08. The monoisotopic (exact) mass is 518 g/mol. The minimum atomic E-state index is -0.339. The average molecular weight is 518 g/mol. The summed E-state index contributed by atoms with van der Waals surface area (Å²) < 4.78 is 22.7. The highest BCUT2D eigenvalue weighted by Crippen LogP contribution is 2.35. The molecule has 0 saturated heterocycles. The Morgan fingerprint density at radius 3 is 2.62 bits per heavy atom. The second kappa shape index (κ2) is 8.80. The van der Waals surface area contributed by atoms with Crippen molar-refractivity contribution in [2.24, 2.45) is 0 Å². The number of aromatic nitrogens is 2. The van der Waals surface area contributed by atoms with Crippen LogP contribution in [0, 0.1) is 12.7 Å². The molecule has 6 heteroatoms. The minimum Gasteiger partial charge on any atom is -0.486 e. The van der Waals surface area contributed by atoms with Gasteiger partial charge < -0.3 is 4.74 Å². The van der Waals surface area contributed by atoms with Crippen molar-refractivity contribution < 1.29 is 9.13 Å². The van der Waals surface area contributed by atoms with Gasteiger partial charge in [0.05, 0.1) is 17.6 Å². The summed E-state index contributed by atoms with van der Waals surface area (Å²) in [5.41, 5.74) is 6.08. The molecule has 1 atom stereocenters. The number of aryl methyl sites for hydroxylation is 2. The van der Waals surface area contributed by atoms with Gasteiger partial charge in [-0.25, -0.2) is 8.84 Å². The van der Waals surface area contributed by atoms with Crippen LogP contribution in [0.1, 0.15) is 23.7 Å². The fraction of sp³-hybridized carbons (Fsp3) is 0.174. The number of benzene rings is 3. The predicted octanol–water partition coefficient (Wildman–Crippen LogP) is 7.08. The normalized spacial score (nSPS) is 11.6. The van der Waals surface area contributed by atoms with E-state index in [-0.39, 0.29) is 5.82 Å². The van der Waals surface area contributed by atoms with Crippen LogP contribution in [0.25, 0.3) is 22.0 Å². The molecule has 0 radical (unpaired) electrons.